The molecule has 0 aliphatic carbocycles. The Morgan fingerprint density at radius 1 is 1.29 bits per heavy atom. The SMILES string of the molecule is COC(=O)Cc1c(O)ccn(Cc2cccc(C(F)(F)F)c2)c1=O. The van der Waals surface area contributed by atoms with Crippen molar-refractivity contribution in [2.45, 2.75) is 19.1 Å². The van der Waals surface area contributed by atoms with Crippen molar-refractivity contribution in [1.29, 1.82) is 0 Å². The minimum Gasteiger partial charge on any atom is -0.507 e. The molecule has 0 atom stereocenters. The summed E-state index contributed by atoms with van der Waals surface area (Å²) >= 11 is 0. The largest absolute Gasteiger partial charge is 0.507 e. The lowest BCUT2D eigenvalue weighted by atomic mass is 10.1. The van der Waals surface area contributed by atoms with Crippen molar-refractivity contribution in [3.8, 4) is 5.75 Å². The zero-order valence-corrected chi connectivity index (χ0v) is 12.6. The van der Waals surface area contributed by atoms with Crippen molar-refractivity contribution < 1.29 is 27.8 Å². The molecular formula is C16H14F3NO4. The summed E-state index contributed by atoms with van der Waals surface area (Å²) < 4.78 is 43.8. The number of benzene rings is 1. The standard InChI is InChI=1S/C16H14F3NO4/c1-24-14(22)8-12-13(21)5-6-20(15(12)23)9-10-3-2-4-11(7-10)16(17,18)19/h2-7,21H,8-9H2,1H3. The van der Waals surface area contributed by atoms with Gasteiger partial charge in [-0.2, -0.15) is 13.2 Å². The first-order chi connectivity index (χ1) is 11.2. The molecule has 0 radical (unpaired) electrons. The number of aromatic hydroxyl groups is 1. The maximum Gasteiger partial charge on any atom is 0.416 e. The summed E-state index contributed by atoms with van der Waals surface area (Å²) in [4.78, 5) is 23.6. The highest BCUT2D eigenvalue weighted by Gasteiger charge is 2.30. The third-order valence-electron chi connectivity index (χ3n) is 3.40. The number of esters is 1. The van der Waals surface area contributed by atoms with Gasteiger partial charge in [0.15, 0.2) is 0 Å². The number of methoxy groups -OCH3 is 1. The Balaban J connectivity index is 2.36. The van der Waals surface area contributed by atoms with E-state index in [1.54, 1.807) is 0 Å². The van der Waals surface area contributed by atoms with Gasteiger partial charge in [0, 0.05) is 6.20 Å². The first kappa shape index (κ1) is 17.6. The van der Waals surface area contributed by atoms with Gasteiger partial charge >= 0.3 is 12.1 Å². The molecule has 0 saturated heterocycles. The van der Waals surface area contributed by atoms with E-state index in [-0.39, 0.29) is 23.4 Å². The lowest BCUT2D eigenvalue weighted by Crippen LogP contribution is -2.25. The third kappa shape index (κ3) is 3.95. The normalized spacial score (nSPS) is 11.3. The fraction of sp³-hybridized carbons (Fsp3) is 0.250. The van der Waals surface area contributed by atoms with E-state index < -0.39 is 29.7 Å². The van der Waals surface area contributed by atoms with Gasteiger partial charge in [-0.05, 0) is 23.8 Å². The summed E-state index contributed by atoms with van der Waals surface area (Å²) in [5, 5.41) is 9.71. The minimum atomic E-state index is -4.48. The van der Waals surface area contributed by atoms with E-state index in [1.807, 2.05) is 0 Å². The van der Waals surface area contributed by atoms with Gasteiger partial charge < -0.3 is 14.4 Å². The van der Waals surface area contributed by atoms with Crippen LogP contribution in [0.1, 0.15) is 16.7 Å². The fourth-order valence-electron chi connectivity index (χ4n) is 2.16. The highest BCUT2D eigenvalue weighted by atomic mass is 19.4. The van der Waals surface area contributed by atoms with Crippen molar-refractivity contribution in [3.05, 3.63) is 63.6 Å². The molecule has 24 heavy (non-hydrogen) atoms. The molecule has 0 spiro atoms. The van der Waals surface area contributed by atoms with Crippen molar-refractivity contribution in [1.82, 2.24) is 4.57 Å². The molecule has 2 rings (SSSR count). The Hall–Kier alpha value is -2.77. The smallest absolute Gasteiger partial charge is 0.416 e. The average Bonchev–Trinajstić information content (AvgIpc) is 2.53. The molecule has 128 valence electrons. The van der Waals surface area contributed by atoms with Gasteiger partial charge in [0.25, 0.3) is 5.56 Å². The summed E-state index contributed by atoms with van der Waals surface area (Å²) in [7, 11) is 1.14. The molecule has 0 unspecified atom stereocenters. The predicted molar refractivity (Wildman–Crippen MR) is 78.6 cm³/mol. The Labute approximate surface area is 134 Å². The third-order valence-corrected chi connectivity index (χ3v) is 3.40. The number of nitrogens with zero attached hydrogens (tertiary/aromatic N) is 1. The second-order valence-corrected chi connectivity index (χ2v) is 5.06. The Morgan fingerprint density at radius 2 is 2.00 bits per heavy atom. The number of hydrogen-bond acceptors (Lipinski definition) is 4. The Morgan fingerprint density at radius 3 is 2.62 bits per heavy atom. The number of hydrogen-bond donors (Lipinski definition) is 1. The topological polar surface area (TPSA) is 68.5 Å². The van der Waals surface area contributed by atoms with E-state index in [0.29, 0.717) is 0 Å². The Bertz CT molecular complexity index is 812. The molecule has 2 aromatic rings. The first-order valence-electron chi connectivity index (χ1n) is 6.86. The summed E-state index contributed by atoms with van der Waals surface area (Å²) in [6, 6.07) is 5.78. The maximum atomic E-state index is 12.7. The van der Waals surface area contributed by atoms with Crippen LogP contribution < -0.4 is 5.56 Å². The summed E-state index contributed by atoms with van der Waals surface area (Å²) in [6.45, 7) is -0.128. The van der Waals surface area contributed by atoms with Crippen LogP contribution in [-0.2, 0) is 28.7 Å². The second-order valence-electron chi connectivity index (χ2n) is 5.06. The number of carbonyl (C=O) groups is 1. The van der Waals surface area contributed by atoms with Crippen LogP contribution in [0.25, 0.3) is 0 Å². The van der Waals surface area contributed by atoms with Gasteiger partial charge in [-0.15, -0.1) is 0 Å². The van der Waals surface area contributed by atoms with Gasteiger partial charge in [0.05, 0.1) is 31.2 Å². The quantitative estimate of drug-likeness (QED) is 0.867. The number of halogens is 3. The van der Waals surface area contributed by atoms with Gasteiger partial charge in [-0.3, -0.25) is 9.59 Å². The molecule has 1 heterocycles. The highest BCUT2D eigenvalue weighted by molar-refractivity contribution is 5.73. The molecule has 8 heteroatoms. The lowest BCUT2D eigenvalue weighted by molar-refractivity contribution is -0.140. The van der Waals surface area contributed by atoms with Crippen LogP contribution in [-0.4, -0.2) is 22.8 Å². The van der Waals surface area contributed by atoms with Gasteiger partial charge in [-0.25, -0.2) is 0 Å². The van der Waals surface area contributed by atoms with Crippen molar-refractivity contribution in [2.24, 2.45) is 0 Å². The molecule has 0 aliphatic rings. The molecule has 0 aliphatic heterocycles. The maximum absolute atomic E-state index is 12.7. The molecule has 1 N–H and O–H groups in total. The van der Waals surface area contributed by atoms with Crippen LogP contribution in [0.4, 0.5) is 13.2 Å². The lowest BCUT2D eigenvalue weighted by Gasteiger charge is -2.12. The summed E-state index contributed by atoms with van der Waals surface area (Å²) in [5.41, 5.74) is -1.39. The molecule has 0 saturated carbocycles. The molecule has 5 nitrogen and oxygen atoms in total. The average molecular weight is 341 g/mol. The van der Waals surface area contributed by atoms with E-state index >= 15 is 0 Å². The van der Waals surface area contributed by atoms with Crippen molar-refractivity contribution in [3.63, 3.8) is 0 Å². The predicted octanol–water partition coefficient (Wildman–Crippen LogP) is 2.34. The number of pyridine rings is 1. The fourth-order valence-corrected chi connectivity index (χ4v) is 2.16. The van der Waals surface area contributed by atoms with E-state index in [0.717, 1.165) is 23.8 Å². The molecule has 1 aromatic heterocycles. The second kappa shape index (κ2) is 6.77. The van der Waals surface area contributed by atoms with Crippen LogP contribution in [0.15, 0.2) is 41.3 Å². The number of alkyl halides is 3. The summed E-state index contributed by atoms with van der Waals surface area (Å²) in [6.07, 6.45) is -3.66. The minimum absolute atomic E-state index is 0.128. The zero-order chi connectivity index (χ0) is 17.9. The van der Waals surface area contributed by atoms with E-state index in [4.69, 9.17) is 0 Å². The van der Waals surface area contributed by atoms with E-state index in [9.17, 15) is 27.9 Å². The molecule has 0 bridgehead atoms. The monoisotopic (exact) mass is 341 g/mol. The van der Waals surface area contributed by atoms with Crippen LogP contribution in [0.5, 0.6) is 5.75 Å². The summed E-state index contributed by atoms with van der Waals surface area (Å²) in [5.74, 6) is -1.08. The molecule has 0 amide bonds. The first-order valence-corrected chi connectivity index (χ1v) is 6.86. The van der Waals surface area contributed by atoms with Crippen molar-refractivity contribution >= 4 is 5.97 Å². The van der Waals surface area contributed by atoms with Crippen molar-refractivity contribution in [2.75, 3.05) is 7.11 Å². The highest BCUT2D eigenvalue weighted by Crippen LogP contribution is 2.29. The molecule has 0 fully saturated rings. The number of carbonyl (C=O) groups excluding carboxylic acids is 1. The van der Waals surface area contributed by atoms with Crippen LogP contribution in [0, 0.1) is 0 Å². The zero-order valence-electron chi connectivity index (χ0n) is 12.6. The van der Waals surface area contributed by atoms with E-state index in [1.165, 1.54) is 24.4 Å². The number of rotatable bonds is 4. The molecule has 1 aromatic carbocycles. The van der Waals surface area contributed by atoms with Crippen LogP contribution in [0.2, 0.25) is 0 Å². The number of aromatic nitrogens is 1. The Kier molecular flexibility index (Phi) is 4.96. The molecular weight excluding hydrogens is 327 g/mol. The van der Waals surface area contributed by atoms with Crippen LogP contribution >= 0.6 is 0 Å². The van der Waals surface area contributed by atoms with E-state index in [2.05, 4.69) is 4.74 Å². The van der Waals surface area contributed by atoms with Gasteiger partial charge in [0.2, 0.25) is 0 Å². The van der Waals surface area contributed by atoms with Gasteiger partial charge in [0.1, 0.15) is 5.75 Å². The van der Waals surface area contributed by atoms with Crippen LogP contribution in [0.3, 0.4) is 0 Å². The van der Waals surface area contributed by atoms with Gasteiger partial charge in [-0.1, -0.05) is 12.1 Å². The number of ether oxygens (including phenoxy) is 1.